The molecule has 0 amide bonds. The van der Waals surface area contributed by atoms with Gasteiger partial charge in [0.25, 0.3) is 0 Å². The van der Waals surface area contributed by atoms with Gasteiger partial charge in [-0.3, -0.25) is 4.74 Å². The molecule has 0 heterocycles. The normalized spacial score (nSPS) is 17.8. The van der Waals surface area contributed by atoms with Crippen molar-refractivity contribution in [1.82, 2.24) is 0 Å². The Morgan fingerprint density at radius 2 is 0.914 bits per heavy atom. The summed E-state index contributed by atoms with van der Waals surface area (Å²) in [6, 6.07) is 0. The third kappa shape index (κ3) is 5.65. The van der Waals surface area contributed by atoms with Crippen LogP contribution in [0.15, 0.2) is 12.8 Å². The van der Waals surface area contributed by atoms with Crippen LogP contribution in [0.25, 0.3) is 0 Å². The van der Waals surface area contributed by atoms with Crippen LogP contribution in [0.2, 0.25) is 0 Å². The summed E-state index contributed by atoms with van der Waals surface area (Å²) in [6.45, 7) is 3.52. The van der Waals surface area contributed by atoms with E-state index in [-0.39, 0.29) is 6.26 Å². The molecule has 35 heavy (non-hydrogen) atoms. The predicted molar refractivity (Wildman–Crippen MR) is 76.3 cm³/mol. The summed E-state index contributed by atoms with van der Waals surface area (Å²) in [5.74, 6) is -15.1. The fourth-order valence-corrected chi connectivity index (χ4v) is 2.75. The zero-order chi connectivity index (χ0) is 28.7. The Kier molecular flexibility index (Phi) is 9.12. The summed E-state index contributed by atoms with van der Waals surface area (Å²) in [6.07, 6.45) is -46.0. The van der Waals surface area contributed by atoms with Gasteiger partial charge in [-0.05, 0) is 0 Å². The van der Waals surface area contributed by atoms with Crippen LogP contribution in [-0.2, 0) is 9.47 Å². The van der Waals surface area contributed by atoms with Gasteiger partial charge in [0.1, 0.15) is 5.92 Å². The highest BCUT2D eigenvalue weighted by atomic mass is 19.4. The lowest BCUT2D eigenvalue weighted by molar-refractivity contribution is -0.484. The second-order valence-corrected chi connectivity index (χ2v) is 6.63. The summed E-state index contributed by atoms with van der Waals surface area (Å²) in [5, 5.41) is 0. The van der Waals surface area contributed by atoms with E-state index in [2.05, 4.69) is 16.1 Å². The van der Waals surface area contributed by atoms with Crippen LogP contribution in [0, 0.1) is 5.92 Å². The van der Waals surface area contributed by atoms with Gasteiger partial charge in [0.05, 0.1) is 6.26 Å². The summed E-state index contributed by atoms with van der Waals surface area (Å²) in [7, 11) is 0. The molecule has 0 aliphatic rings. The van der Waals surface area contributed by atoms with Crippen molar-refractivity contribution in [2.75, 3.05) is 0 Å². The van der Waals surface area contributed by atoms with Gasteiger partial charge in [-0.25, -0.2) is 13.2 Å². The molecule has 2 unspecified atom stereocenters. The molecule has 20 heteroatoms. The third-order valence-corrected chi connectivity index (χ3v) is 4.28. The highest BCUT2D eigenvalue weighted by molar-refractivity contribution is 5.18. The van der Waals surface area contributed by atoms with E-state index in [9.17, 15) is 74.6 Å². The molecular weight excluding hydrogens is 554 g/mol. The first kappa shape index (κ1) is 33.2. The molecule has 2 nitrogen and oxygen atoms in total. The van der Waals surface area contributed by atoms with E-state index < -0.39 is 73.1 Å². The van der Waals surface area contributed by atoms with Gasteiger partial charge < -0.3 is 4.74 Å². The minimum atomic E-state index is -8.50. The van der Waals surface area contributed by atoms with E-state index in [4.69, 9.17) is 0 Å². The van der Waals surface area contributed by atoms with Crippen LogP contribution >= 0.6 is 0 Å². The van der Waals surface area contributed by atoms with E-state index in [1.165, 1.54) is 0 Å². The van der Waals surface area contributed by atoms with Crippen molar-refractivity contribution in [3.05, 3.63) is 12.8 Å². The van der Waals surface area contributed by atoms with Crippen LogP contribution in [-0.4, -0.2) is 54.4 Å². The van der Waals surface area contributed by atoms with Crippen LogP contribution in [0.1, 0.15) is 19.8 Å². The lowest BCUT2D eigenvalue weighted by Crippen LogP contribution is -2.78. The molecule has 0 aromatic carbocycles. The number of hydrogen-bond donors (Lipinski definition) is 0. The Balaban J connectivity index is 8.10. The van der Waals surface area contributed by atoms with Gasteiger partial charge in [-0.1, -0.05) is 19.9 Å². The topological polar surface area (TPSA) is 18.5 Å². The fourth-order valence-electron chi connectivity index (χ4n) is 2.75. The zero-order valence-corrected chi connectivity index (χ0v) is 16.5. The van der Waals surface area contributed by atoms with Crippen molar-refractivity contribution >= 4 is 0 Å². The second-order valence-electron chi connectivity index (χ2n) is 6.63. The van der Waals surface area contributed by atoms with Gasteiger partial charge in [0.15, 0.2) is 0 Å². The molecule has 0 radical (unpaired) electrons. The van der Waals surface area contributed by atoms with Crippen LogP contribution in [0.4, 0.5) is 79.0 Å². The molecule has 0 saturated carbocycles. The highest BCUT2D eigenvalue weighted by Crippen LogP contribution is 2.67. The highest BCUT2D eigenvalue weighted by Gasteiger charge is 2.95. The molecule has 0 aromatic heterocycles. The average Bonchev–Trinajstić information content (AvgIpc) is 2.57. The molecule has 0 saturated heterocycles. The molecule has 0 aliphatic heterocycles. The number of halogens is 18. The monoisotopic (exact) mass is 566 g/mol. The zero-order valence-electron chi connectivity index (χ0n) is 16.5. The molecule has 0 aliphatic carbocycles. The molecule has 210 valence electrons. The largest absolute Gasteiger partial charge is 0.473 e. The van der Waals surface area contributed by atoms with Crippen molar-refractivity contribution in [3.8, 4) is 0 Å². The summed E-state index contributed by atoms with van der Waals surface area (Å²) in [5.41, 5.74) is -17.0. The van der Waals surface area contributed by atoms with E-state index >= 15 is 4.39 Å². The van der Waals surface area contributed by atoms with E-state index in [1.54, 1.807) is 0 Å². The minimum Gasteiger partial charge on any atom is -0.473 e. The maximum atomic E-state index is 15.0. The molecule has 0 N–H and O–H groups in total. The average molecular weight is 566 g/mol. The first-order valence-corrected chi connectivity index (χ1v) is 8.45. The van der Waals surface area contributed by atoms with Crippen LogP contribution in [0.5, 0.6) is 0 Å². The van der Waals surface area contributed by atoms with E-state index in [0.717, 1.165) is 6.92 Å². The Morgan fingerprint density at radius 3 is 1.11 bits per heavy atom. The van der Waals surface area contributed by atoms with Gasteiger partial charge in [-0.15, -0.1) is 0 Å². The Labute approximate surface area is 182 Å². The third-order valence-electron chi connectivity index (χ3n) is 4.28. The number of rotatable bonds is 9. The van der Waals surface area contributed by atoms with Gasteiger partial charge >= 0.3 is 48.1 Å². The summed E-state index contributed by atoms with van der Waals surface area (Å²) < 4.78 is 248. The maximum Gasteiger partial charge on any atom is 0.449 e. The molecule has 2 atom stereocenters. The summed E-state index contributed by atoms with van der Waals surface area (Å²) in [4.78, 5) is 0. The Bertz CT molecular complexity index is 648. The number of hydrogen-bond acceptors (Lipinski definition) is 2. The smallest absolute Gasteiger partial charge is 0.449 e. The van der Waals surface area contributed by atoms with Gasteiger partial charge in [0, 0.05) is 6.42 Å². The van der Waals surface area contributed by atoms with Gasteiger partial charge in [0.2, 0.25) is 6.29 Å². The SMILES string of the molecule is C=COC(CCC)OC(F)(C(C(F)(C(F)(F)F)C(F)(F)F)C(F)(C(F)(F)F)C(F)(F)F)C(F)(F)F. The maximum absolute atomic E-state index is 15.0. The van der Waals surface area contributed by atoms with Crippen LogP contribution < -0.4 is 0 Å². The lowest BCUT2D eigenvalue weighted by atomic mass is 9.70. The molecule has 0 rings (SSSR count). The molecular formula is C15H12F18O2. The number of ether oxygens (including phenoxy) is 2. The first-order chi connectivity index (χ1) is 15.1. The quantitative estimate of drug-likeness (QED) is 0.161. The van der Waals surface area contributed by atoms with Crippen LogP contribution in [0.3, 0.4) is 0 Å². The van der Waals surface area contributed by atoms with E-state index in [1.807, 2.05) is 0 Å². The summed E-state index contributed by atoms with van der Waals surface area (Å²) >= 11 is 0. The van der Waals surface area contributed by atoms with Crippen molar-refractivity contribution in [1.29, 1.82) is 0 Å². The van der Waals surface area contributed by atoms with Crippen molar-refractivity contribution in [3.63, 3.8) is 0 Å². The van der Waals surface area contributed by atoms with Crippen molar-refractivity contribution < 1.29 is 88.5 Å². The standard InChI is InChI=1S/C15H12F18O2/c1-3-5-6(34-4-2)35-10(18,15(31,32)33)7(8(16,11(19,20)21)12(22,23)24)9(17,13(25,26)27)14(28,29)30/h4,6-7H,2-3,5H2,1H3. The van der Waals surface area contributed by atoms with E-state index in [0.29, 0.717) is 0 Å². The predicted octanol–water partition coefficient (Wildman–Crippen LogP) is 7.80. The molecule has 0 fully saturated rings. The Hall–Kier alpha value is -1.76. The lowest BCUT2D eigenvalue weighted by Gasteiger charge is -2.49. The Morgan fingerprint density at radius 1 is 0.600 bits per heavy atom. The second kappa shape index (κ2) is 9.60. The number of alkyl halides is 18. The van der Waals surface area contributed by atoms with Crippen molar-refractivity contribution in [2.45, 2.75) is 74.1 Å². The molecule has 0 bridgehead atoms. The van der Waals surface area contributed by atoms with Crippen molar-refractivity contribution in [2.24, 2.45) is 5.92 Å². The fraction of sp³-hybridized carbons (Fsp3) is 0.867. The molecule has 0 aromatic rings. The molecule has 0 spiro atoms. The minimum absolute atomic E-state index is 0.0570. The first-order valence-electron chi connectivity index (χ1n) is 8.45. The van der Waals surface area contributed by atoms with Gasteiger partial charge in [-0.2, -0.15) is 65.9 Å².